The molecule has 3 nitrogen and oxygen atoms in total. The van der Waals surface area contributed by atoms with E-state index in [-0.39, 0.29) is 5.91 Å². The standard InChI is InChI=1S/C11H16N2OS/c1-7-3-10(15-8(7)2)11(14)13-6-9-4-12-5-9/h3,9,12H,4-6H2,1-2H3,(H,13,14). The van der Waals surface area contributed by atoms with Gasteiger partial charge in [0.1, 0.15) is 0 Å². The molecule has 1 fully saturated rings. The molecular weight excluding hydrogens is 208 g/mol. The normalized spacial score (nSPS) is 16.1. The quantitative estimate of drug-likeness (QED) is 0.813. The first-order valence-corrected chi connectivity index (χ1v) is 6.04. The number of carbonyl (C=O) groups is 1. The second-order valence-electron chi connectivity index (χ2n) is 4.08. The topological polar surface area (TPSA) is 41.1 Å². The fourth-order valence-corrected chi connectivity index (χ4v) is 2.45. The van der Waals surface area contributed by atoms with Crippen LogP contribution in [0.2, 0.25) is 0 Å². The molecule has 0 aliphatic carbocycles. The van der Waals surface area contributed by atoms with E-state index in [9.17, 15) is 4.79 Å². The van der Waals surface area contributed by atoms with Gasteiger partial charge in [-0.2, -0.15) is 0 Å². The molecule has 82 valence electrons. The van der Waals surface area contributed by atoms with Crippen LogP contribution in [-0.2, 0) is 0 Å². The maximum atomic E-state index is 11.7. The molecule has 1 aromatic heterocycles. The van der Waals surface area contributed by atoms with Crippen molar-refractivity contribution >= 4 is 17.2 Å². The number of hydrogen-bond donors (Lipinski definition) is 2. The van der Waals surface area contributed by atoms with E-state index >= 15 is 0 Å². The van der Waals surface area contributed by atoms with Crippen LogP contribution in [0.15, 0.2) is 6.07 Å². The van der Waals surface area contributed by atoms with Gasteiger partial charge in [0.05, 0.1) is 4.88 Å². The SMILES string of the molecule is Cc1cc(C(=O)NCC2CNC2)sc1C. The second-order valence-corrected chi connectivity index (χ2v) is 5.34. The third-order valence-electron chi connectivity index (χ3n) is 2.81. The van der Waals surface area contributed by atoms with Crippen LogP contribution in [0.25, 0.3) is 0 Å². The molecule has 0 saturated carbocycles. The molecular formula is C11H16N2OS. The minimum atomic E-state index is 0.0723. The van der Waals surface area contributed by atoms with Gasteiger partial charge in [-0.25, -0.2) is 0 Å². The Balaban J connectivity index is 1.89. The Morgan fingerprint density at radius 3 is 2.80 bits per heavy atom. The first kappa shape index (κ1) is 10.6. The molecule has 1 saturated heterocycles. The second kappa shape index (κ2) is 4.33. The summed E-state index contributed by atoms with van der Waals surface area (Å²) in [4.78, 5) is 13.8. The van der Waals surface area contributed by atoms with Crippen LogP contribution >= 0.6 is 11.3 Å². The zero-order chi connectivity index (χ0) is 10.8. The Labute approximate surface area is 93.9 Å². The number of aryl methyl sites for hydroxylation is 2. The predicted octanol–water partition coefficient (Wildman–Crippen LogP) is 1.31. The molecule has 0 unspecified atom stereocenters. The van der Waals surface area contributed by atoms with Gasteiger partial charge in [-0.15, -0.1) is 11.3 Å². The summed E-state index contributed by atoms with van der Waals surface area (Å²) in [7, 11) is 0. The third kappa shape index (κ3) is 2.38. The van der Waals surface area contributed by atoms with Gasteiger partial charge in [-0.05, 0) is 25.5 Å². The minimum absolute atomic E-state index is 0.0723. The highest BCUT2D eigenvalue weighted by atomic mass is 32.1. The van der Waals surface area contributed by atoms with E-state index in [1.165, 1.54) is 10.4 Å². The Kier molecular flexibility index (Phi) is 3.07. The predicted molar refractivity (Wildman–Crippen MR) is 62.5 cm³/mol. The molecule has 1 aliphatic heterocycles. The van der Waals surface area contributed by atoms with E-state index in [0.29, 0.717) is 5.92 Å². The van der Waals surface area contributed by atoms with Crippen LogP contribution in [0.5, 0.6) is 0 Å². The molecule has 2 N–H and O–H groups in total. The van der Waals surface area contributed by atoms with E-state index in [2.05, 4.69) is 10.6 Å². The fraction of sp³-hybridized carbons (Fsp3) is 0.545. The zero-order valence-electron chi connectivity index (χ0n) is 9.09. The maximum absolute atomic E-state index is 11.7. The summed E-state index contributed by atoms with van der Waals surface area (Å²) in [6.45, 7) is 6.94. The maximum Gasteiger partial charge on any atom is 0.261 e. The van der Waals surface area contributed by atoms with Gasteiger partial charge < -0.3 is 10.6 Å². The molecule has 1 aromatic rings. The summed E-state index contributed by atoms with van der Waals surface area (Å²) in [6, 6.07) is 1.97. The molecule has 0 bridgehead atoms. The summed E-state index contributed by atoms with van der Waals surface area (Å²) in [5, 5.41) is 6.16. The summed E-state index contributed by atoms with van der Waals surface area (Å²) in [6.07, 6.45) is 0. The molecule has 0 atom stereocenters. The molecule has 1 amide bonds. The van der Waals surface area contributed by atoms with E-state index in [0.717, 1.165) is 24.5 Å². The molecule has 1 aliphatic rings. The summed E-state index contributed by atoms with van der Waals surface area (Å²) >= 11 is 1.57. The number of rotatable bonds is 3. The lowest BCUT2D eigenvalue weighted by atomic mass is 10.0. The average molecular weight is 224 g/mol. The highest BCUT2D eigenvalue weighted by molar-refractivity contribution is 7.14. The van der Waals surface area contributed by atoms with Crippen LogP contribution in [0.1, 0.15) is 20.1 Å². The highest BCUT2D eigenvalue weighted by Crippen LogP contribution is 2.20. The lowest BCUT2D eigenvalue weighted by Gasteiger charge is -2.26. The van der Waals surface area contributed by atoms with Crippen molar-refractivity contribution in [3.63, 3.8) is 0 Å². The summed E-state index contributed by atoms with van der Waals surface area (Å²) in [5.41, 5.74) is 1.20. The number of nitrogens with one attached hydrogen (secondary N) is 2. The minimum Gasteiger partial charge on any atom is -0.351 e. The summed E-state index contributed by atoms with van der Waals surface area (Å²) < 4.78 is 0. The Morgan fingerprint density at radius 1 is 1.60 bits per heavy atom. The van der Waals surface area contributed by atoms with Crippen LogP contribution in [-0.4, -0.2) is 25.5 Å². The van der Waals surface area contributed by atoms with Gasteiger partial charge >= 0.3 is 0 Å². The molecule has 0 spiro atoms. The lowest BCUT2D eigenvalue weighted by Crippen LogP contribution is -2.48. The van der Waals surface area contributed by atoms with E-state index in [1.54, 1.807) is 11.3 Å². The Hall–Kier alpha value is -0.870. The third-order valence-corrected chi connectivity index (χ3v) is 3.96. The van der Waals surface area contributed by atoms with Crippen LogP contribution in [0.4, 0.5) is 0 Å². The van der Waals surface area contributed by atoms with Gasteiger partial charge in [0.15, 0.2) is 0 Å². The van der Waals surface area contributed by atoms with E-state index < -0.39 is 0 Å². The van der Waals surface area contributed by atoms with Crippen molar-refractivity contribution in [2.24, 2.45) is 5.92 Å². The van der Waals surface area contributed by atoms with Gasteiger partial charge in [-0.1, -0.05) is 0 Å². The van der Waals surface area contributed by atoms with Crippen molar-refractivity contribution in [1.82, 2.24) is 10.6 Å². The van der Waals surface area contributed by atoms with Crippen molar-refractivity contribution in [2.45, 2.75) is 13.8 Å². The number of thiophene rings is 1. The van der Waals surface area contributed by atoms with Crippen LogP contribution < -0.4 is 10.6 Å². The van der Waals surface area contributed by atoms with Gasteiger partial charge in [0, 0.05) is 30.4 Å². The molecule has 2 heterocycles. The first-order valence-electron chi connectivity index (χ1n) is 5.23. The molecule has 0 aromatic carbocycles. The van der Waals surface area contributed by atoms with E-state index in [4.69, 9.17) is 0 Å². The van der Waals surface area contributed by atoms with Crippen LogP contribution in [0, 0.1) is 19.8 Å². The summed E-state index contributed by atoms with van der Waals surface area (Å²) in [5.74, 6) is 0.694. The number of amides is 1. The Morgan fingerprint density at radius 2 is 2.33 bits per heavy atom. The number of hydrogen-bond acceptors (Lipinski definition) is 3. The Bertz CT molecular complexity index is 349. The van der Waals surface area contributed by atoms with Crippen molar-refractivity contribution < 1.29 is 4.79 Å². The average Bonchev–Trinajstić information content (AvgIpc) is 2.44. The number of carbonyl (C=O) groups excluding carboxylic acids is 1. The van der Waals surface area contributed by atoms with Gasteiger partial charge in [0.2, 0.25) is 0 Å². The van der Waals surface area contributed by atoms with Crippen molar-refractivity contribution in [3.05, 3.63) is 21.4 Å². The van der Waals surface area contributed by atoms with Crippen LogP contribution in [0.3, 0.4) is 0 Å². The highest BCUT2D eigenvalue weighted by Gasteiger charge is 2.18. The lowest BCUT2D eigenvalue weighted by molar-refractivity contribution is 0.0946. The molecule has 2 rings (SSSR count). The van der Waals surface area contributed by atoms with Crippen molar-refractivity contribution in [2.75, 3.05) is 19.6 Å². The van der Waals surface area contributed by atoms with Gasteiger partial charge in [-0.3, -0.25) is 4.79 Å². The van der Waals surface area contributed by atoms with Gasteiger partial charge in [0.25, 0.3) is 5.91 Å². The molecule has 4 heteroatoms. The monoisotopic (exact) mass is 224 g/mol. The van der Waals surface area contributed by atoms with Crippen molar-refractivity contribution in [3.8, 4) is 0 Å². The van der Waals surface area contributed by atoms with Crippen molar-refractivity contribution in [1.29, 1.82) is 0 Å². The fourth-order valence-electron chi connectivity index (χ4n) is 1.50. The van der Waals surface area contributed by atoms with E-state index in [1.807, 2.05) is 19.9 Å². The smallest absolute Gasteiger partial charge is 0.261 e. The largest absolute Gasteiger partial charge is 0.351 e. The molecule has 15 heavy (non-hydrogen) atoms. The first-order chi connectivity index (χ1) is 7.16. The zero-order valence-corrected chi connectivity index (χ0v) is 9.91. The molecule has 0 radical (unpaired) electrons.